The van der Waals surface area contributed by atoms with Crippen molar-refractivity contribution in [3.63, 3.8) is 0 Å². The summed E-state index contributed by atoms with van der Waals surface area (Å²) in [7, 11) is 0. The van der Waals surface area contributed by atoms with E-state index in [1.165, 1.54) is 66.8 Å². The summed E-state index contributed by atoms with van der Waals surface area (Å²) < 4.78 is 0. The molecule has 0 heterocycles. The Labute approximate surface area is 193 Å². The Bertz CT molecular complexity index is 1220. The van der Waals surface area contributed by atoms with Gasteiger partial charge in [0.15, 0.2) is 0 Å². The molecule has 4 aromatic rings. The van der Waals surface area contributed by atoms with Gasteiger partial charge in [0.25, 0.3) is 0 Å². The number of benzene rings is 4. The summed E-state index contributed by atoms with van der Waals surface area (Å²) in [5.41, 5.74) is 15.6. The van der Waals surface area contributed by atoms with Gasteiger partial charge in [0.2, 0.25) is 0 Å². The number of hydrogen-bond acceptors (Lipinski definition) is 0. The molecule has 0 N–H and O–H groups in total. The molecule has 4 aromatic carbocycles. The lowest BCUT2D eigenvalue weighted by atomic mass is 9.93. The van der Waals surface area contributed by atoms with Crippen LogP contribution in [-0.4, -0.2) is 0 Å². The molecule has 0 aliphatic heterocycles. The molecular weight excluding hydrogens is 384 g/mol. The fourth-order valence-electron chi connectivity index (χ4n) is 4.61. The largest absolute Gasteiger partial charge is 0.0587 e. The maximum absolute atomic E-state index is 2.28. The van der Waals surface area contributed by atoms with Crippen LogP contribution in [0, 0.1) is 41.5 Å². The van der Waals surface area contributed by atoms with Crippen molar-refractivity contribution in [3.05, 3.63) is 117 Å². The first-order valence-corrected chi connectivity index (χ1v) is 11.4. The molecule has 0 heteroatoms. The van der Waals surface area contributed by atoms with Crippen molar-refractivity contribution in [2.45, 2.75) is 41.5 Å². The maximum atomic E-state index is 2.28. The molecule has 0 amide bonds. The molecule has 0 aromatic heterocycles. The number of rotatable bonds is 4. The van der Waals surface area contributed by atoms with Crippen LogP contribution in [0.2, 0.25) is 0 Å². The average Bonchev–Trinajstić information content (AvgIpc) is 2.74. The van der Waals surface area contributed by atoms with E-state index in [-0.39, 0.29) is 0 Å². The third-order valence-corrected chi connectivity index (χ3v) is 6.31. The van der Waals surface area contributed by atoms with Crippen LogP contribution in [-0.2, 0) is 0 Å². The van der Waals surface area contributed by atoms with Crippen LogP contribution in [0.15, 0.2) is 72.8 Å². The summed E-state index contributed by atoms with van der Waals surface area (Å²) in [6, 6.07) is 26.9. The number of hydrogen-bond donors (Lipinski definition) is 0. The zero-order chi connectivity index (χ0) is 22.8. The van der Waals surface area contributed by atoms with Crippen LogP contribution in [0.3, 0.4) is 0 Å². The summed E-state index contributed by atoms with van der Waals surface area (Å²) in [6.45, 7) is 13.1. The Morgan fingerprint density at radius 3 is 1.00 bits per heavy atom. The average molecular weight is 417 g/mol. The van der Waals surface area contributed by atoms with E-state index in [0.29, 0.717) is 0 Å². The van der Waals surface area contributed by atoms with Gasteiger partial charge in [-0.05, 0) is 97.2 Å². The van der Waals surface area contributed by atoms with E-state index in [9.17, 15) is 0 Å². The van der Waals surface area contributed by atoms with Gasteiger partial charge in [-0.1, -0.05) is 96.1 Å². The van der Waals surface area contributed by atoms with Crippen molar-refractivity contribution in [1.82, 2.24) is 0 Å². The molecule has 0 saturated carbocycles. The predicted octanol–water partition coefficient (Wildman–Crippen LogP) is 9.04. The highest BCUT2D eigenvalue weighted by molar-refractivity contribution is 5.77. The molecule has 0 fully saturated rings. The van der Waals surface area contributed by atoms with Gasteiger partial charge in [-0.25, -0.2) is 0 Å². The summed E-state index contributed by atoms with van der Waals surface area (Å²) in [5, 5.41) is 0. The molecular formula is C32H32. The second kappa shape index (κ2) is 9.01. The lowest BCUT2D eigenvalue weighted by Crippen LogP contribution is -1.89. The van der Waals surface area contributed by atoms with E-state index < -0.39 is 0 Å². The molecule has 0 aliphatic carbocycles. The predicted molar refractivity (Wildman–Crippen MR) is 141 cm³/mol. The van der Waals surface area contributed by atoms with Crippen molar-refractivity contribution in [1.29, 1.82) is 0 Å². The van der Waals surface area contributed by atoms with Crippen LogP contribution >= 0.6 is 0 Å². The summed E-state index contributed by atoms with van der Waals surface area (Å²) in [5.74, 6) is 0. The highest BCUT2D eigenvalue weighted by atomic mass is 14.1. The van der Waals surface area contributed by atoms with E-state index in [0.717, 1.165) is 0 Å². The topological polar surface area (TPSA) is 0 Å². The van der Waals surface area contributed by atoms with Crippen molar-refractivity contribution < 1.29 is 0 Å². The fraction of sp³-hybridized carbons (Fsp3) is 0.188. The van der Waals surface area contributed by atoms with Gasteiger partial charge < -0.3 is 0 Å². The van der Waals surface area contributed by atoms with Crippen molar-refractivity contribution in [3.8, 4) is 22.3 Å². The van der Waals surface area contributed by atoms with Crippen LogP contribution in [0.1, 0.15) is 44.5 Å². The first kappa shape index (κ1) is 21.8. The zero-order valence-corrected chi connectivity index (χ0v) is 20.1. The van der Waals surface area contributed by atoms with Gasteiger partial charge in [0.05, 0.1) is 0 Å². The standard InChI is InChI=1S/C32H32/c1-21-7-13-29(23(3)17-21)31-15-11-27(19-25(31)5)9-10-28-12-16-32(26(6)20-28)30-14-8-22(2)18-24(30)4/h7-20H,1-6H3/b10-9+. The van der Waals surface area contributed by atoms with Crippen LogP contribution in [0.4, 0.5) is 0 Å². The lowest BCUT2D eigenvalue weighted by Gasteiger charge is -2.12. The van der Waals surface area contributed by atoms with Crippen LogP contribution in [0.25, 0.3) is 34.4 Å². The minimum Gasteiger partial charge on any atom is -0.0587 e. The van der Waals surface area contributed by atoms with E-state index in [1.807, 2.05) is 0 Å². The molecule has 32 heavy (non-hydrogen) atoms. The molecule has 0 saturated heterocycles. The van der Waals surface area contributed by atoms with Crippen molar-refractivity contribution in [2.75, 3.05) is 0 Å². The van der Waals surface area contributed by atoms with Gasteiger partial charge >= 0.3 is 0 Å². The molecule has 0 nitrogen and oxygen atoms in total. The molecule has 0 radical (unpaired) electrons. The van der Waals surface area contributed by atoms with E-state index in [1.54, 1.807) is 0 Å². The number of aryl methyl sites for hydroxylation is 6. The van der Waals surface area contributed by atoms with Gasteiger partial charge in [-0.3, -0.25) is 0 Å². The first-order valence-electron chi connectivity index (χ1n) is 11.4. The van der Waals surface area contributed by atoms with Gasteiger partial charge in [0, 0.05) is 0 Å². The van der Waals surface area contributed by atoms with E-state index >= 15 is 0 Å². The van der Waals surface area contributed by atoms with Crippen LogP contribution in [0.5, 0.6) is 0 Å². The Hall–Kier alpha value is -3.38. The van der Waals surface area contributed by atoms with Gasteiger partial charge in [-0.15, -0.1) is 0 Å². The summed E-state index contributed by atoms with van der Waals surface area (Å²) in [6.07, 6.45) is 4.43. The third-order valence-electron chi connectivity index (χ3n) is 6.31. The first-order chi connectivity index (χ1) is 15.3. The summed E-state index contributed by atoms with van der Waals surface area (Å²) in [4.78, 5) is 0. The molecule has 0 atom stereocenters. The molecule has 0 spiro atoms. The van der Waals surface area contributed by atoms with Gasteiger partial charge in [0.1, 0.15) is 0 Å². The minimum atomic E-state index is 1.23. The fourth-order valence-corrected chi connectivity index (χ4v) is 4.61. The lowest BCUT2D eigenvalue weighted by molar-refractivity contribution is 1.36. The van der Waals surface area contributed by atoms with Crippen molar-refractivity contribution >= 4 is 12.2 Å². The zero-order valence-electron chi connectivity index (χ0n) is 20.1. The van der Waals surface area contributed by atoms with E-state index in [2.05, 4.69) is 126 Å². The monoisotopic (exact) mass is 416 g/mol. The quantitative estimate of drug-likeness (QED) is 0.291. The highest BCUT2D eigenvalue weighted by Crippen LogP contribution is 2.30. The van der Waals surface area contributed by atoms with Gasteiger partial charge in [-0.2, -0.15) is 0 Å². The molecule has 0 unspecified atom stereocenters. The Balaban J connectivity index is 1.58. The van der Waals surface area contributed by atoms with Crippen molar-refractivity contribution in [2.24, 2.45) is 0 Å². The normalized spacial score (nSPS) is 11.3. The summed E-state index contributed by atoms with van der Waals surface area (Å²) >= 11 is 0. The Morgan fingerprint density at radius 1 is 0.375 bits per heavy atom. The minimum absolute atomic E-state index is 1.23. The SMILES string of the molecule is Cc1ccc(-c2ccc(/C=C/c3ccc(-c4ccc(C)cc4C)c(C)c3)cc2C)c(C)c1. The van der Waals surface area contributed by atoms with E-state index in [4.69, 9.17) is 0 Å². The second-order valence-corrected chi connectivity index (χ2v) is 9.12. The molecule has 4 rings (SSSR count). The highest BCUT2D eigenvalue weighted by Gasteiger charge is 2.07. The maximum Gasteiger partial charge on any atom is -0.0152 e. The second-order valence-electron chi connectivity index (χ2n) is 9.12. The molecule has 0 aliphatic rings. The Kier molecular flexibility index (Phi) is 6.15. The Morgan fingerprint density at radius 2 is 0.688 bits per heavy atom. The molecule has 160 valence electrons. The van der Waals surface area contributed by atoms with Crippen LogP contribution < -0.4 is 0 Å². The molecule has 0 bridgehead atoms. The third kappa shape index (κ3) is 4.60. The smallest absolute Gasteiger partial charge is 0.0152 e.